The van der Waals surface area contributed by atoms with E-state index in [9.17, 15) is 8.42 Å². The first kappa shape index (κ1) is 16.1. The molecule has 2 aromatic carbocycles. The van der Waals surface area contributed by atoms with Crippen LogP contribution in [0.15, 0.2) is 41.3 Å². The van der Waals surface area contributed by atoms with E-state index in [0.717, 1.165) is 11.1 Å². The van der Waals surface area contributed by atoms with Gasteiger partial charge in [0.1, 0.15) is 5.82 Å². The Morgan fingerprint density at radius 1 is 1.04 bits per heavy atom. The summed E-state index contributed by atoms with van der Waals surface area (Å²) in [4.78, 5) is 12.2. The summed E-state index contributed by atoms with van der Waals surface area (Å²) in [5.74, 6) is 0.858. The Bertz CT molecular complexity index is 1020. The number of hydrogen-bond acceptors (Lipinski definition) is 7. The molecule has 24 heavy (non-hydrogen) atoms. The summed E-state index contributed by atoms with van der Waals surface area (Å²) in [6.45, 7) is 1.73. The number of ether oxygens (including phenoxy) is 1. The van der Waals surface area contributed by atoms with E-state index < -0.39 is 10.1 Å². The van der Waals surface area contributed by atoms with Crippen molar-refractivity contribution in [2.45, 2.75) is 11.8 Å². The lowest BCUT2D eigenvalue weighted by molar-refractivity contribution is 0.377. The molecule has 0 atom stereocenters. The van der Waals surface area contributed by atoms with Crippen molar-refractivity contribution in [1.29, 1.82) is 0 Å². The Hall–Kier alpha value is -2.78. The van der Waals surface area contributed by atoms with Gasteiger partial charge >= 0.3 is 6.01 Å². The third-order valence-corrected chi connectivity index (χ3v) is 4.12. The zero-order valence-electron chi connectivity index (χ0n) is 12.9. The van der Waals surface area contributed by atoms with Gasteiger partial charge in [0.25, 0.3) is 10.1 Å². The highest BCUT2D eigenvalue weighted by Gasteiger charge is 2.10. The van der Waals surface area contributed by atoms with Gasteiger partial charge in [0, 0.05) is 5.69 Å². The summed E-state index contributed by atoms with van der Waals surface area (Å²) in [5.41, 5.74) is 0.717. The molecule has 3 rings (SSSR count). The van der Waals surface area contributed by atoms with Gasteiger partial charge in [-0.25, -0.2) is 0 Å². The second-order valence-electron chi connectivity index (χ2n) is 5.02. The number of fused-ring (bicyclic) bond motifs is 1. The molecule has 1 heterocycles. The van der Waals surface area contributed by atoms with E-state index in [4.69, 9.17) is 9.29 Å². The first-order valence-electron chi connectivity index (χ1n) is 6.90. The van der Waals surface area contributed by atoms with Crippen LogP contribution in [0.3, 0.4) is 0 Å². The zero-order chi connectivity index (χ0) is 17.3. The number of aryl methyl sites for hydroxylation is 1. The molecular formula is C15H14N4O4S. The minimum atomic E-state index is -4.22. The van der Waals surface area contributed by atoms with Gasteiger partial charge in [0.2, 0.25) is 5.95 Å². The van der Waals surface area contributed by atoms with Crippen LogP contribution < -0.4 is 10.1 Å². The van der Waals surface area contributed by atoms with Crippen LogP contribution in [0.25, 0.3) is 10.8 Å². The van der Waals surface area contributed by atoms with Crippen LogP contribution in [-0.4, -0.2) is 35.0 Å². The zero-order valence-corrected chi connectivity index (χ0v) is 13.7. The predicted molar refractivity (Wildman–Crippen MR) is 88.2 cm³/mol. The number of methoxy groups -OCH3 is 1. The molecule has 1 aromatic heterocycles. The Kier molecular flexibility index (Phi) is 4.04. The van der Waals surface area contributed by atoms with E-state index >= 15 is 0 Å². The second-order valence-corrected chi connectivity index (χ2v) is 6.44. The maximum absolute atomic E-state index is 11.2. The number of anilines is 2. The molecule has 3 aromatic rings. The summed E-state index contributed by atoms with van der Waals surface area (Å²) >= 11 is 0. The maximum atomic E-state index is 11.2. The monoisotopic (exact) mass is 346 g/mol. The van der Waals surface area contributed by atoms with Gasteiger partial charge in [-0.05, 0) is 42.0 Å². The molecule has 0 bridgehead atoms. The molecule has 0 aliphatic heterocycles. The van der Waals surface area contributed by atoms with Crippen molar-refractivity contribution in [3.63, 3.8) is 0 Å². The molecule has 2 N–H and O–H groups in total. The highest BCUT2D eigenvalue weighted by molar-refractivity contribution is 7.85. The largest absolute Gasteiger partial charge is 0.467 e. The fraction of sp³-hybridized carbons (Fsp3) is 0.133. The van der Waals surface area contributed by atoms with Gasteiger partial charge < -0.3 is 10.1 Å². The lowest BCUT2D eigenvalue weighted by Gasteiger charge is -2.08. The van der Waals surface area contributed by atoms with Crippen LogP contribution in [0.2, 0.25) is 0 Å². The molecule has 0 aliphatic rings. The van der Waals surface area contributed by atoms with E-state index in [2.05, 4.69) is 20.3 Å². The first-order chi connectivity index (χ1) is 11.3. The van der Waals surface area contributed by atoms with Crippen LogP contribution in [0, 0.1) is 6.92 Å². The van der Waals surface area contributed by atoms with Gasteiger partial charge in [-0.1, -0.05) is 12.1 Å². The SMILES string of the molecule is COc1nc(C)nc(Nc2ccc3cc(S(=O)(=O)O)ccc3c2)n1. The highest BCUT2D eigenvalue weighted by atomic mass is 32.2. The minimum absolute atomic E-state index is 0.145. The quantitative estimate of drug-likeness (QED) is 0.692. The Balaban J connectivity index is 1.95. The molecule has 0 aliphatic carbocycles. The third kappa shape index (κ3) is 3.42. The average Bonchev–Trinajstić information content (AvgIpc) is 2.52. The number of nitrogens with one attached hydrogen (secondary N) is 1. The van der Waals surface area contributed by atoms with Crippen molar-refractivity contribution in [1.82, 2.24) is 15.0 Å². The first-order valence-corrected chi connectivity index (χ1v) is 8.34. The lowest BCUT2D eigenvalue weighted by Crippen LogP contribution is -2.03. The Morgan fingerprint density at radius 3 is 2.46 bits per heavy atom. The summed E-state index contributed by atoms with van der Waals surface area (Å²) < 4.78 is 36.5. The summed E-state index contributed by atoms with van der Waals surface area (Å²) in [6.07, 6.45) is 0. The van der Waals surface area contributed by atoms with E-state index in [1.54, 1.807) is 25.1 Å². The smallest absolute Gasteiger partial charge is 0.321 e. The molecule has 9 heteroatoms. The molecule has 8 nitrogen and oxygen atoms in total. The fourth-order valence-corrected chi connectivity index (χ4v) is 2.71. The molecule has 0 radical (unpaired) electrons. The van der Waals surface area contributed by atoms with Crippen LogP contribution in [-0.2, 0) is 10.1 Å². The summed E-state index contributed by atoms with van der Waals surface area (Å²) in [6, 6.07) is 9.88. The fourth-order valence-electron chi connectivity index (χ4n) is 2.20. The number of nitrogens with zero attached hydrogens (tertiary/aromatic N) is 3. The number of hydrogen-bond donors (Lipinski definition) is 2. The predicted octanol–water partition coefficient (Wildman–Crippen LogP) is 2.33. The maximum Gasteiger partial charge on any atom is 0.321 e. The summed E-state index contributed by atoms with van der Waals surface area (Å²) in [5, 5.41) is 4.52. The normalized spacial score (nSPS) is 11.5. The van der Waals surface area contributed by atoms with Crippen molar-refractivity contribution >= 4 is 32.5 Å². The van der Waals surface area contributed by atoms with Crippen molar-refractivity contribution in [3.8, 4) is 6.01 Å². The van der Waals surface area contributed by atoms with Crippen molar-refractivity contribution in [2.75, 3.05) is 12.4 Å². The molecule has 0 unspecified atom stereocenters. The molecule has 0 spiro atoms. The molecule has 0 saturated carbocycles. The molecule has 124 valence electrons. The van der Waals surface area contributed by atoms with Crippen molar-refractivity contribution in [3.05, 3.63) is 42.2 Å². The minimum Gasteiger partial charge on any atom is -0.467 e. The second kappa shape index (κ2) is 6.02. The topological polar surface area (TPSA) is 114 Å². The Morgan fingerprint density at radius 2 is 1.75 bits per heavy atom. The molecule has 0 saturated heterocycles. The van der Waals surface area contributed by atoms with E-state index in [0.29, 0.717) is 17.2 Å². The number of benzene rings is 2. The third-order valence-electron chi connectivity index (χ3n) is 3.27. The highest BCUT2D eigenvalue weighted by Crippen LogP contribution is 2.24. The van der Waals surface area contributed by atoms with Gasteiger partial charge in [0.15, 0.2) is 0 Å². The molecular weight excluding hydrogens is 332 g/mol. The van der Waals surface area contributed by atoms with E-state index in [-0.39, 0.29) is 10.9 Å². The van der Waals surface area contributed by atoms with Gasteiger partial charge in [0.05, 0.1) is 12.0 Å². The number of rotatable bonds is 4. The Labute approximate surface area is 138 Å². The van der Waals surface area contributed by atoms with Crippen LogP contribution >= 0.6 is 0 Å². The van der Waals surface area contributed by atoms with Gasteiger partial charge in [-0.3, -0.25) is 4.55 Å². The van der Waals surface area contributed by atoms with E-state index in [1.165, 1.54) is 19.2 Å². The van der Waals surface area contributed by atoms with E-state index in [1.807, 2.05) is 6.07 Å². The number of aromatic nitrogens is 3. The average molecular weight is 346 g/mol. The standard InChI is InChI=1S/C15H14N4O4S/c1-9-16-14(19-15(17-9)23-2)18-12-5-3-11-8-13(24(20,21)22)6-4-10(11)7-12/h3-8H,1-2H3,(H,20,21,22)(H,16,17,18,19). The molecule has 0 fully saturated rings. The van der Waals surface area contributed by atoms with Crippen LogP contribution in [0.1, 0.15) is 5.82 Å². The molecule has 0 amide bonds. The van der Waals surface area contributed by atoms with Crippen molar-refractivity contribution in [2.24, 2.45) is 0 Å². The van der Waals surface area contributed by atoms with Crippen molar-refractivity contribution < 1.29 is 17.7 Å². The summed E-state index contributed by atoms with van der Waals surface area (Å²) in [7, 11) is -2.75. The van der Waals surface area contributed by atoms with Crippen LogP contribution in [0.4, 0.5) is 11.6 Å². The van der Waals surface area contributed by atoms with Gasteiger partial charge in [-0.15, -0.1) is 0 Å². The van der Waals surface area contributed by atoms with Gasteiger partial charge in [-0.2, -0.15) is 23.4 Å². The van der Waals surface area contributed by atoms with Crippen LogP contribution in [0.5, 0.6) is 6.01 Å². The lowest BCUT2D eigenvalue weighted by atomic mass is 10.1.